The highest BCUT2D eigenvalue weighted by Crippen LogP contribution is 2.02. The minimum absolute atomic E-state index is 0.285. The Morgan fingerprint density at radius 1 is 1.83 bits per heavy atom. The molecule has 0 radical (unpaired) electrons. The lowest BCUT2D eigenvalue weighted by Crippen LogP contribution is -1.97. The van der Waals surface area contributed by atoms with Crippen LogP contribution in [0.15, 0.2) is 10.7 Å². The molecule has 12 heavy (non-hydrogen) atoms. The number of carboxylic acid groups (broad SMARTS) is 1. The highest BCUT2D eigenvalue weighted by Gasteiger charge is 2.10. The highest BCUT2D eigenvalue weighted by atomic mass is 16.5. The third kappa shape index (κ3) is 2.06. The van der Waals surface area contributed by atoms with Crippen LogP contribution in [-0.4, -0.2) is 22.7 Å². The molecule has 0 aromatic carbocycles. The van der Waals surface area contributed by atoms with Gasteiger partial charge in [-0.05, 0) is 6.92 Å². The molecule has 5 nitrogen and oxygen atoms in total. The third-order valence-corrected chi connectivity index (χ3v) is 1.19. The quantitative estimate of drug-likeness (QED) is 0.728. The van der Waals surface area contributed by atoms with Crippen molar-refractivity contribution in [3.05, 3.63) is 17.8 Å². The Morgan fingerprint density at radius 3 is 3.08 bits per heavy atom. The van der Waals surface area contributed by atoms with Crippen LogP contribution in [0.5, 0.6) is 0 Å². The number of rotatable bonds is 4. The summed E-state index contributed by atoms with van der Waals surface area (Å²) in [5, 5.41) is 8.43. The van der Waals surface area contributed by atoms with Crippen LogP contribution in [-0.2, 0) is 11.3 Å². The average Bonchev–Trinajstić information content (AvgIpc) is 2.48. The van der Waals surface area contributed by atoms with Gasteiger partial charge in [0.15, 0.2) is 0 Å². The maximum atomic E-state index is 10.3. The van der Waals surface area contributed by atoms with Crippen molar-refractivity contribution >= 4 is 5.97 Å². The van der Waals surface area contributed by atoms with Gasteiger partial charge in [0.25, 0.3) is 0 Å². The van der Waals surface area contributed by atoms with Crippen molar-refractivity contribution in [1.29, 1.82) is 0 Å². The van der Waals surface area contributed by atoms with Crippen molar-refractivity contribution in [3.63, 3.8) is 0 Å². The predicted octanol–water partition coefficient (Wildman–Crippen LogP) is 0.909. The van der Waals surface area contributed by atoms with E-state index in [2.05, 4.69) is 9.40 Å². The van der Waals surface area contributed by atoms with Crippen LogP contribution < -0.4 is 0 Å². The van der Waals surface area contributed by atoms with E-state index in [4.69, 9.17) is 9.84 Å². The summed E-state index contributed by atoms with van der Waals surface area (Å²) in [7, 11) is 0. The molecular formula is C7H9NO4. The Hall–Kier alpha value is -1.36. The zero-order valence-corrected chi connectivity index (χ0v) is 6.61. The van der Waals surface area contributed by atoms with Gasteiger partial charge in [0.05, 0.1) is 6.61 Å². The maximum absolute atomic E-state index is 10.3. The lowest BCUT2D eigenvalue weighted by molar-refractivity contribution is 0.0653. The van der Waals surface area contributed by atoms with Gasteiger partial charge in [-0.1, -0.05) is 0 Å². The number of aromatic carboxylic acids is 1. The largest absolute Gasteiger partial charge is 0.474 e. The molecule has 1 heterocycles. The molecule has 0 amide bonds. The molecule has 1 aromatic rings. The van der Waals surface area contributed by atoms with Crippen LogP contribution in [0, 0.1) is 0 Å². The van der Waals surface area contributed by atoms with Gasteiger partial charge in [-0.3, -0.25) is 0 Å². The van der Waals surface area contributed by atoms with E-state index in [1.807, 2.05) is 6.92 Å². The summed E-state index contributed by atoms with van der Waals surface area (Å²) in [5.74, 6) is -1.47. The Kier molecular flexibility index (Phi) is 2.82. The van der Waals surface area contributed by atoms with Crippen LogP contribution in [0.2, 0.25) is 0 Å². The fourth-order valence-electron chi connectivity index (χ4n) is 0.678. The maximum Gasteiger partial charge on any atom is 0.392 e. The number of hydrogen-bond donors (Lipinski definition) is 1. The summed E-state index contributed by atoms with van der Waals surface area (Å²) in [6, 6.07) is 0. The molecule has 1 N–H and O–H groups in total. The van der Waals surface area contributed by atoms with Crippen molar-refractivity contribution in [3.8, 4) is 0 Å². The smallest absolute Gasteiger partial charge is 0.392 e. The van der Waals surface area contributed by atoms with Crippen LogP contribution in [0.3, 0.4) is 0 Å². The standard InChI is InChI=1S/C7H9NO4/c1-2-11-3-5-4-12-6(8-5)7(9)10/h4H,2-3H2,1H3,(H,9,10). The lowest BCUT2D eigenvalue weighted by Gasteiger charge is -1.92. The van der Waals surface area contributed by atoms with E-state index in [0.29, 0.717) is 12.3 Å². The molecule has 0 fully saturated rings. The first kappa shape index (κ1) is 8.73. The summed E-state index contributed by atoms with van der Waals surface area (Å²) >= 11 is 0. The zero-order valence-electron chi connectivity index (χ0n) is 6.61. The molecule has 5 heteroatoms. The van der Waals surface area contributed by atoms with Crippen LogP contribution in [0.25, 0.3) is 0 Å². The second-order valence-electron chi connectivity index (χ2n) is 2.09. The van der Waals surface area contributed by atoms with Gasteiger partial charge < -0.3 is 14.3 Å². The van der Waals surface area contributed by atoms with E-state index in [9.17, 15) is 4.79 Å². The summed E-state index contributed by atoms with van der Waals surface area (Å²) < 4.78 is 9.63. The first-order valence-corrected chi connectivity index (χ1v) is 3.49. The molecule has 1 rings (SSSR count). The molecule has 0 aliphatic rings. The van der Waals surface area contributed by atoms with Crippen LogP contribution in [0.1, 0.15) is 23.3 Å². The molecule has 0 atom stereocenters. The summed E-state index contributed by atoms with van der Waals surface area (Å²) in [4.78, 5) is 13.9. The van der Waals surface area contributed by atoms with Gasteiger partial charge in [-0.25, -0.2) is 9.78 Å². The van der Waals surface area contributed by atoms with Crippen molar-refractivity contribution in [2.75, 3.05) is 6.61 Å². The van der Waals surface area contributed by atoms with Crippen molar-refractivity contribution < 1.29 is 19.1 Å². The Balaban J connectivity index is 2.58. The summed E-state index contributed by atoms with van der Waals surface area (Å²) in [6.45, 7) is 2.70. The van der Waals surface area contributed by atoms with Gasteiger partial charge in [0, 0.05) is 6.61 Å². The van der Waals surface area contributed by atoms with Crippen LogP contribution >= 0.6 is 0 Å². The monoisotopic (exact) mass is 171 g/mol. The topological polar surface area (TPSA) is 72.6 Å². The highest BCUT2D eigenvalue weighted by molar-refractivity contribution is 5.82. The summed E-state index contributed by atoms with van der Waals surface area (Å²) in [5.41, 5.74) is 0.495. The van der Waals surface area contributed by atoms with Gasteiger partial charge in [-0.2, -0.15) is 0 Å². The Bertz CT molecular complexity index is 268. The van der Waals surface area contributed by atoms with Gasteiger partial charge in [0.2, 0.25) is 0 Å². The molecule has 66 valence electrons. The second-order valence-corrected chi connectivity index (χ2v) is 2.09. The molecular weight excluding hydrogens is 162 g/mol. The molecule has 0 aliphatic heterocycles. The molecule has 0 unspecified atom stereocenters. The zero-order chi connectivity index (χ0) is 8.97. The van der Waals surface area contributed by atoms with Crippen molar-refractivity contribution in [2.24, 2.45) is 0 Å². The minimum atomic E-state index is -1.17. The number of nitrogens with zero attached hydrogens (tertiary/aromatic N) is 1. The molecule has 0 bridgehead atoms. The van der Waals surface area contributed by atoms with Gasteiger partial charge >= 0.3 is 11.9 Å². The van der Waals surface area contributed by atoms with E-state index >= 15 is 0 Å². The van der Waals surface area contributed by atoms with E-state index in [1.54, 1.807) is 0 Å². The van der Waals surface area contributed by atoms with E-state index < -0.39 is 5.97 Å². The normalized spacial score (nSPS) is 10.1. The third-order valence-electron chi connectivity index (χ3n) is 1.19. The molecule has 1 aromatic heterocycles. The first-order chi connectivity index (χ1) is 5.74. The van der Waals surface area contributed by atoms with Crippen molar-refractivity contribution in [1.82, 2.24) is 4.98 Å². The molecule has 0 saturated carbocycles. The number of oxazole rings is 1. The SMILES string of the molecule is CCOCc1coc(C(=O)O)n1. The Morgan fingerprint density at radius 2 is 2.58 bits per heavy atom. The second kappa shape index (κ2) is 3.87. The lowest BCUT2D eigenvalue weighted by atomic mass is 10.5. The van der Waals surface area contributed by atoms with E-state index in [1.165, 1.54) is 6.26 Å². The van der Waals surface area contributed by atoms with E-state index in [-0.39, 0.29) is 12.5 Å². The molecule has 0 aliphatic carbocycles. The number of carbonyl (C=O) groups is 1. The fourth-order valence-corrected chi connectivity index (χ4v) is 0.678. The number of ether oxygens (including phenoxy) is 1. The number of hydrogen-bond acceptors (Lipinski definition) is 4. The number of aromatic nitrogens is 1. The van der Waals surface area contributed by atoms with E-state index in [0.717, 1.165) is 0 Å². The number of carboxylic acids is 1. The molecule has 0 spiro atoms. The van der Waals surface area contributed by atoms with Crippen LogP contribution in [0.4, 0.5) is 0 Å². The van der Waals surface area contributed by atoms with Gasteiger partial charge in [0.1, 0.15) is 12.0 Å². The fraction of sp³-hybridized carbons (Fsp3) is 0.429. The average molecular weight is 171 g/mol. The predicted molar refractivity (Wildman–Crippen MR) is 38.8 cm³/mol. The Labute approximate surface area is 69.0 Å². The van der Waals surface area contributed by atoms with Gasteiger partial charge in [-0.15, -0.1) is 0 Å². The minimum Gasteiger partial charge on any atom is -0.474 e. The van der Waals surface area contributed by atoms with Crippen molar-refractivity contribution in [2.45, 2.75) is 13.5 Å². The summed E-state index contributed by atoms with van der Waals surface area (Å²) in [6.07, 6.45) is 1.28. The first-order valence-electron chi connectivity index (χ1n) is 3.49. The molecule has 0 saturated heterocycles.